The fourth-order valence-corrected chi connectivity index (χ4v) is 5.48. The van der Waals surface area contributed by atoms with Crippen LogP contribution in [0.4, 0.5) is 0 Å². The molecule has 1 unspecified atom stereocenters. The molecule has 1 fully saturated rings. The number of hydrogen-bond donors (Lipinski definition) is 1. The van der Waals surface area contributed by atoms with Crippen LogP contribution in [0.25, 0.3) is 0 Å². The van der Waals surface area contributed by atoms with E-state index in [2.05, 4.69) is 18.9 Å². The predicted molar refractivity (Wildman–Crippen MR) is 100 cm³/mol. The number of carbonyl (C=O) groups is 1. The van der Waals surface area contributed by atoms with Gasteiger partial charge in [-0.15, -0.1) is 0 Å². The molecular weight excluding hydrogens is 332 g/mol. The summed E-state index contributed by atoms with van der Waals surface area (Å²) in [4.78, 5) is 17.4. The number of hydrogen-bond acceptors (Lipinski definition) is 4. The number of likely N-dealkylation sites (N-methyl/N-ethyl adjacent to an activating group) is 2. The monoisotopic (exact) mass is 356 g/mol. The van der Waals surface area contributed by atoms with Gasteiger partial charge in [-0.05, 0) is 61.1 Å². The number of fused-ring (bicyclic) bond motifs is 4. The second kappa shape index (κ2) is 5.85. The van der Waals surface area contributed by atoms with Gasteiger partial charge in [0.1, 0.15) is 5.75 Å². The van der Waals surface area contributed by atoms with Gasteiger partial charge in [0.25, 0.3) is 5.91 Å². The van der Waals surface area contributed by atoms with Gasteiger partial charge >= 0.3 is 0 Å². The van der Waals surface area contributed by atoms with E-state index in [9.17, 15) is 9.90 Å². The highest BCUT2D eigenvalue weighted by Gasteiger charge is 2.52. The van der Waals surface area contributed by atoms with E-state index in [1.54, 1.807) is 17.4 Å². The number of thiophene rings is 1. The Balaban J connectivity index is 1.80. The fraction of sp³-hybridized carbons (Fsp3) is 0.450. The highest BCUT2D eigenvalue weighted by molar-refractivity contribution is 7.08. The van der Waals surface area contributed by atoms with Crippen molar-refractivity contribution in [3.63, 3.8) is 0 Å². The zero-order chi connectivity index (χ0) is 17.8. The molecule has 4 rings (SSSR count). The maximum absolute atomic E-state index is 13.0. The van der Waals surface area contributed by atoms with Crippen molar-refractivity contribution in [3.05, 3.63) is 51.7 Å². The molecule has 2 heterocycles. The van der Waals surface area contributed by atoms with Crippen LogP contribution in [0.5, 0.6) is 5.75 Å². The number of benzene rings is 1. The molecule has 1 aliphatic carbocycles. The van der Waals surface area contributed by atoms with Crippen molar-refractivity contribution in [1.82, 2.24) is 9.80 Å². The van der Waals surface area contributed by atoms with Crippen molar-refractivity contribution < 1.29 is 9.90 Å². The van der Waals surface area contributed by atoms with E-state index in [1.807, 2.05) is 40.9 Å². The van der Waals surface area contributed by atoms with Gasteiger partial charge in [-0.25, -0.2) is 0 Å². The Morgan fingerprint density at radius 1 is 1.40 bits per heavy atom. The summed E-state index contributed by atoms with van der Waals surface area (Å²) >= 11 is 1.55. The lowest BCUT2D eigenvalue weighted by Gasteiger charge is -2.57. The molecule has 1 amide bonds. The van der Waals surface area contributed by atoms with E-state index >= 15 is 0 Å². The summed E-state index contributed by atoms with van der Waals surface area (Å²) in [5, 5.41) is 13.9. The topological polar surface area (TPSA) is 43.8 Å². The number of phenolic OH excluding ortho intramolecular Hbond substituents is 1. The molecule has 0 radical (unpaired) electrons. The van der Waals surface area contributed by atoms with Crippen LogP contribution in [-0.2, 0) is 11.8 Å². The van der Waals surface area contributed by atoms with E-state index in [4.69, 9.17) is 0 Å². The van der Waals surface area contributed by atoms with Gasteiger partial charge in [-0.1, -0.05) is 13.0 Å². The first kappa shape index (κ1) is 16.6. The second-order valence-corrected chi connectivity index (χ2v) is 8.41. The average Bonchev–Trinajstić information content (AvgIpc) is 3.12. The van der Waals surface area contributed by atoms with E-state index in [1.165, 1.54) is 11.1 Å². The first-order valence-corrected chi connectivity index (χ1v) is 9.68. The highest BCUT2D eigenvalue weighted by atomic mass is 32.1. The molecule has 2 aromatic rings. The zero-order valence-electron chi connectivity index (χ0n) is 14.9. The highest BCUT2D eigenvalue weighted by Crippen LogP contribution is 2.47. The molecule has 1 N–H and O–H groups in total. The van der Waals surface area contributed by atoms with Gasteiger partial charge in [0.2, 0.25) is 0 Å². The van der Waals surface area contributed by atoms with Crippen molar-refractivity contribution >= 4 is 17.2 Å². The Kier molecular flexibility index (Phi) is 3.89. The van der Waals surface area contributed by atoms with Gasteiger partial charge in [0.05, 0.1) is 11.6 Å². The minimum absolute atomic E-state index is 0.0846. The smallest absolute Gasteiger partial charge is 0.254 e. The Morgan fingerprint density at radius 3 is 2.92 bits per heavy atom. The molecule has 0 saturated carbocycles. The zero-order valence-corrected chi connectivity index (χ0v) is 15.7. The third-order valence-corrected chi connectivity index (χ3v) is 6.89. The van der Waals surface area contributed by atoms with Gasteiger partial charge in [-0.3, -0.25) is 4.79 Å². The summed E-state index contributed by atoms with van der Waals surface area (Å²) in [7, 11) is 4.09. The summed E-state index contributed by atoms with van der Waals surface area (Å²) in [5.74, 6) is 0.393. The maximum Gasteiger partial charge on any atom is 0.254 e. The molecular formula is C20H24N2O2S. The SMILES string of the molecule is CN1CCC2(C)c3cc(O)ccc3C[C@@H]1[C@H]2N(C)C(=O)c1ccsc1. The number of amides is 1. The quantitative estimate of drug-likeness (QED) is 0.899. The minimum Gasteiger partial charge on any atom is -0.508 e. The number of piperidine rings is 1. The Hall–Kier alpha value is -1.85. The summed E-state index contributed by atoms with van der Waals surface area (Å²) in [6, 6.07) is 8.02. The molecule has 2 bridgehead atoms. The summed E-state index contributed by atoms with van der Waals surface area (Å²) in [6.07, 6.45) is 1.88. The third-order valence-electron chi connectivity index (χ3n) is 6.21. The number of carbonyl (C=O) groups excluding carboxylic acids is 1. The fourth-order valence-electron chi connectivity index (χ4n) is 4.85. The molecule has 1 aromatic carbocycles. The minimum atomic E-state index is -0.149. The van der Waals surface area contributed by atoms with Gasteiger partial charge in [0, 0.05) is 23.9 Å². The van der Waals surface area contributed by atoms with Crippen LogP contribution in [-0.4, -0.2) is 53.5 Å². The van der Waals surface area contributed by atoms with Gasteiger partial charge in [-0.2, -0.15) is 11.3 Å². The Morgan fingerprint density at radius 2 is 2.20 bits per heavy atom. The molecule has 4 nitrogen and oxygen atoms in total. The van der Waals surface area contributed by atoms with E-state index in [0.29, 0.717) is 11.8 Å². The average molecular weight is 356 g/mol. The Bertz CT molecular complexity index is 804. The van der Waals surface area contributed by atoms with Crippen LogP contribution in [0.3, 0.4) is 0 Å². The molecule has 5 heteroatoms. The molecule has 2 aliphatic rings. The molecule has 25 heavy (non-hydrogen) atoms. The summed E-state index contributed by atoms with van der Waals surface area (Å²) in [6.45, 7) is 3.26. The standard InChI is InChI=1S/C20H24N2O2S/c1-20-7-8-21(2)17(10-13-4-5-15(23)11-16(13)20)18(20)22(3)19(24)14-6-9-25-12-14/h4-6,9,11-12,17-18,23H,7-8,10H2,1-3H3/t17-,18-,20?/m1/s1. The van der Waals surface area contributed by atoms with Crippen LogP contribution in [0.15, 0.2) is 35.0 Å². The van der Waals surface area contributed by atoms with Crippen molar-refractivity contribution in [2.75, 3.05) is 20.6 Å². The molecule has 1 aliphatic heterocycles. The van der Waals surface area contributed by atoms with Crippen molar-refractivity contribution in [2.24, 2.45) is 0 Å². The van der Waals surface area contributed by atoms with E-state index in [-0.39, 0.29) is 17.4 Å². The first-order valence-electron chi connectivity index (χ1n) is 8.74. The van der Waals surface area contributed by atoms with Crippen LogP contribution < -0.4 is 0 Å². The van der Waals surface area contributed by atoms with E-state index < -0.39 is 0 Å². The second-order valence-electron chi connectivity index (χ2n) is 7.63. The lowest BCUT2D eigenvalue weighted by atomic mass is 9.61. The first-order chi connectivity index (χ1) is 11.9. The third kappa shape index (κ3) is 2.49. The van der Waals surface area contributed by atoms with Crippen LogP contribution >= 0.6 is 11.3 Å². The number of likely N-dealkylation sites (tertiary alicyclic amines) is 1. The molecule has 132 valence electrons. The van der Waals surface area contributed by atoms with Gasteiger partial charge < -0.3 is 14.9 Å². The molecule has 1 aromatic heterocycles. The maximum atomic E-state index is 13.0. The number of rotatable bonds is 2. The summed E-state index contributed by atoms with van der Waals surface area (Å²) < 4.78 is 0. The van der Waals surface area contributed by atoms with E-state index in [0.717, 1.165) is 24.9 Å². The van der Waals surface area contributed by atoms with Crippen molar-refractivity contribution in [3.8, 4) is 5.75 Å². The lowest BCUT2D eigenvalue weighted by molar-refractivity contribution is 0.00532. The summed E-state index contributed by atoms with van der Waals surface area (Å²) in [5.41, 5.74) is 3.11. The van der Waals surface area contributed by atoms with Gasteiger partial charge in [0.15, 0.2) is 0 Å². The molecule has 3 atom stereocenters. The number of aromatic hydroxyl groups is 1. The molecule has 0 spiro atoms. The van der Waals surface area contributed by atoms with Crippen LogP contribution in [0.1, 0.15) is 34.8 Å². The number of phenols is 1. The largest absolute Gasteiger partial charge is 0.508 e. The Labute approximate surface area is 152 Å². The number of nitrogens with zero attached hydrogens (tertiary/aromatic N) is 2. The van der Waals surface area contributed by atoms with Crippen molar-refractivity contribution in [1.29, 1.82) is 0 Å². The molecule has 1 saturated heterocycles. The predicted octanol–water partition coefficient (Wildman–Crippen LogP) is 3.11. The normalized spacial score (nSPS) is 28.4. The lowest BCUT2D eigenvalue weighted by Crippen LogP contribution is -2.67. The van der Waals surface area contributed by atoms with Crippen molar-refractivity contribution in [2.45, 2.75) is 37.3 Å². The van der Waals surface area contributed by atoms with Crippen LogP contribution in [0.2, 0.25) is 0 Å². The van der Waals surface area contributed by atoms with Crippen LogP contribution in [0, 0.1) is 0 Å².